The van der Waals surface area contributed by atoms with Gasteiger partial charge in [0.2, 0.25) is 0 Å². The van der Waals surface area contributed by atoms with Gasteiger partial charge in [-0.25, -0.2) is 4.68 Å². The van der Waals surface area contributed by atoms with E-state index in [9.17, 15) is 0 Å². The van der Waals surface area contributed by atoms with Crippen LogP contribution in [0.1, 0.15) is 27.8 Å². The minimum absolute atomic E-state index is 0.662. The molecule has 0 aliphatic rings. The highest BCUT2D eigenvalue weighted by Crippen LogP contribution is 2.43. The Morgan fingerprint density at radius 2 is 1.15 bits per heavy atom. The molecule has 6 aromatic rings. The Bertz CT molecular complexity index is 1580. The Balaban J connectivity index is 1.53. The maximum absolute atomic E-state index is 6.71. The number of fused-ring (bicyclic) bond motifs is 1. The van der Waals surface area contributed by atoms with Gasteiger partial charge >= 0.3 is 0 Å². The summed E-state index contributed by atoms with van der Waals surface area (Å²) in [6.45, 7) is 1.44. The molecule has 192 valence electrons. The van der Waals surface area contributed by atoms with Crippen molar-refractivity contribution < 1.29 is 0 Å². The molecule has 6 rings (SSSR count). The van der Waals surface area contributed by atoms with Gasteiger partial charge in [0.15, 0.2) is 0 Å². The van der Waals surface area contributed by atoms with Crippen LogP contribution in [-0.4, -0.2) is 9.78 Å². The lowest BCUT2D eigenvalue weighted by molar-refractivity contribution is 0.473. The number of rotatable bonds is 8. The highest BCUT2D eigenvalue weighted by atomic mass is 79.9. The predicted octanol–water partition coefficient (Wildman–Crippen LogP) is 7.51. The first-order valence-corrected chi connectivity index (χ1v) is 13.9. The number of hydrogen-bond acceptors (Lipinski definition) is 3. The third-order valence-electron chi connectivity index (χ3n) is 7.28. The third kappa shape index (κ3) is 4.65. The van der Waals surface area contributed by atoms with Crippen molar-refractivity contribution in [3.05, 3.63) is 166 Å². The van der Waals surface area contributed by atoms with Gasteiger partial charge in [-0.15, -0.1) is 0 Å². The van der Waals surface area contributed by atoms with E-state index < -0.39 is 5.54 Å². The number of hydrogen-bond donors (Lipinski definition) is 2. The van der Waals surface area contributed by atoms with Gasteiger partial charge < -0.3 is 11.1 Å². The van der Waals surface area contributed by atoms with E-state index in [1.165, 1.54) is 5.56 Å². The molecule has 3 N–H and O–H groups in total. The van der Waals surface area contributed by atoms with Gasteiger partial charge in [-0.1, -0.05) is 121 Å². The fourth-order valence-electron chi connectivity index (χ4n) is 5.44. The van der Waals surface area contributed by atoms with Crippen molar-refractivity contribution in [1.82, 2.24) is 15.1 Å². The molecule has 0 bridgehead atoms. The molecule has 0 amide bonds. The van der Waals surface area contributed by atoms with E-state index in [4.69, 9.17) is 10.8 Å². The second kappa shape index (κ2) is 10.9. The number of nitrogens with zero attached hydrogens (tertiary/aromatic N) is 2. The van der Waals surface area contributed by atoms with Gasteiger partial charge in [-0.05, 0) is 55.9 Å². The van der Waals surface area contributed by atoms with Gasteiger partial charge in [0.05, 0.1) is 5.52 Å². The summed E-state index contributed by atoms with van der Waals surface area (Å²) in [5.41, 5.74) is 13.3. The number of benzene rings is 5. The van der Waals surface area contributed by atoms with Crippen LogP contribution in [0.5, 0.6) is 0 Å². The molecule has 1 aromatic heterocycles. The molecule has 0 radical (unpaired) electrons. The first-order valence-electron chi connectivity index (χ1n) is 13.1. The average molecular weight is 574 g/mol. The van der Waals surface area contributed by atoms with E-state index in [0.717, 1.165) is 50.0 Å². The summed E-state index contributed by atoms with van der Waals surface area (Å²) >= 11 is 3.80. The van der Waals surface area contributed by atoms with Crippen molar-refractivity contribution in [2.45, 2.75) is 18.6 Å². The van der Waals surface area contributed by atoms with E-state index >= 15 is 0 Å². The summed E-state index contributed by atoms with van der Waals surface area (Å²) in [6.07, 6.45) is 0. The molecular weight excluding hydrogens is 544 g/mol. The zero-order chi connectivity index (χ0) is 26.7. The third-order valence-corrected chi connectivity index (χ3v) is 7.86. The highest BCUT2D eigenvalue weighted by Gasteiger charge is 2.40. The van der Waals surface area contributed by atoms with Crippen molar-refractivity contribution >= 4 is 32.5 Å². The molecule has 0 atom stereocenters. The van der Waals surface area contributed by atoms with Crippen LogP contribution < -0.4 is 11.1 Å². The number of nitrogens with one attached hydrogen (secondary N) is 1. The minimum Gasteiger partial charge on any atom is -0.398 e. The topological polar surface area (TPSA) is 55.9 Å². The van der Waals surface area contributed by atoms with E-state index in [1.807, 2.05) is 24.3 Å². The molecule has 0 fully saturated rings. The Morgan fingerprint density at radius 1 is 0.667 bits per heavy atom. The Morgan fingerprint density at radius 3 is 1.67 bits per heavy atom. The second-order valence-corrected chi connectivity index (χ2v) is 10.4. The smallest absolute Gasteiger partial charge is 0.138 e. The van der Waals surface area contributed by atoms with Crippen LogP contribution in [0.4, 0.5) is 5.69 Å². The van der Waals surface area contributed by atoms with Crippen LogP contribution in [0, 0.1) is 0 Å². The van der Waals surface area contributed by atoms with Gasteiger partial charge in [0, 0.05) is 24.2 Å². The molecule has 0 spiro atoms. The summed E-state index contributed by atoms with van der Waals surface area (Å²) in [5.74, 6) is 0. The van der Waals surface area contributed by atoms with Crippen LogP contribution in [0.15, 0.2) is 138 Å². The molecule has 4 nitrogen and oxygen atoms in total. The van der Waals surface area contributed by atoms with Gasteiger partial charge in [0.1, 0.15) is 10.1 Å². The van der Waals surface area contributed by atoms with Crippen molar-refractivity contribution in [2.75, 3.05) is 5.73 Å². The predicted molar refractivity (Wildman–Crippen MR) is 163 cm³/mol. The van der Waals surface area contributed by atoms with Gasteiger partial charge in [0.25, 0.3) is 0 Å². The molecule has 0 aliphatic heterocycles. The van der Waals surface area contributed by atoms with Crippen LogP contribution in [0.3, 0.4) is 0 Å². The maximum Gasteiger partial charge on any atom is 0.138 e. The number of aromatic nitrogens is 2. The summed E-state index contributed by atoms with van der Waals surface area (Å²) in [6, 6.07) is 46.3. The molecule has 39 heavy (non-hydrogen) atoms. The number of nitrogen functional groups attached to an aromatic ring is 1. The van der Waals surface area contributed by atoms with Crippen LogP contribution in [-0.2, 0) is 18.6 Å². The lowest BCUT2D eigenvalue weighted by Crippen LogP contribution is -2.38. The number of anilines is 1. The maximum atomic E-state index is 6.71. The lowest BCUT2D eigenvalue weighted by atomic mass is 9.77. The van der Waals surface area contributed by atoms with E-state index in [0.29, 0.717) is 6.54 Å². The molecule has 0 saturated heterocycles. The lowest BCUT2D eigenvalue weighted by Gasteiger charge is -2.37. The van der Waals surface area contributed by atoms with Crippen molar-refractivity contribution in [2.24, 2.45) is 0 Å². The van der Waals surface area contributed by atoms with E-state index in [1.54, 1.807) is 0 Å². The minimum atomic E-state index is -0.715. The van der Waals surface area contributed by atoms with E-state index in [-0.39, 0.29) is 0 Å². The van der Waals surface area contributed by atoms with Crippen molar-refractivity contribution in [3.63, 3.8) is 0 Å². The SMILES string of the molecule is Nc1cc2c(cc1CNCc1ccccc1)c(Br)nn2C(c1ccccc1)(c1ccccc1)c1ccccc1. The van der Waals surface area contributed by atoms with Crippen LogP contribution >= 0.6 is 15.9 Å². The van der Waals surface area contributed by atoms with E-state index in [2.05, 4.69) is 135 Å². The standard InChI is InChI=1S/C34H29BrN4/c35-33-30-21-26(24-37-23-25-13-5-1-6-14-25)31(36)22-32(30)39(38-33)34(27-15-7-2-8-16-27,28-17-9-3-10-18-28)29-19-11-4-12-20-29/h1-22,37H,23-24,36H2. The van der Waals surface area contributed by atoms with Crippen molar-refractivity contribution in [1.29, 1.82) is 0 Å². The molecule has 5 aromatic carbocycles. The quantitative estimate of drug-likeness (QED) is 0.146. The average Bonchev–Trinajstić information content (AvgIpc) is 3.31. The Kier molecular flexibility index (Phi) is 7.01. The fourth-order valence-corrected chi connectivity index (χ4v) is 5.91. The summed E-state index contributed by atoms with van der Waals surface area (Å²) < 4.78 is 2.92. The van der Waals surface area contributed by atoms with Gasteiger partial charge in [-0.2, -0.15) is 5.10 Å². The molecule has 0 aliphatic carbocycles. The highest BCUT2D eigenvalue weighted by molar-refractivity contribution is 9.10. The Labute approximate surface area is 237 Å². The molecular formula is C34H29BrN4. The molecule has 0 saturated carbocycles. The zero-order valence-corrected chi connectivity index (χ0v) is 23.1. The van der Waals surface area contributed by atoms with Gasteiger partial charge in [-0.3, -0.25) is 0 Å². The largest absolute Gasteiger partial charge is 0.398 e. The number of halogens is 1. The monoisotopic (exact) mass is 572 g/mol. The summed E-state index contributed by atoms with van der Waals surface area (Å²) in [4.78, 5) is 0. The van der Waals surface area contributed by atoms with Crippen molar-refractivity contribution in [3.8, 4) is 0 Å². The summed E-state index contributed by atoms with van der Waals surface area (Å²) in [7, 11) is 0. The normalized spacial score (nSPS) is 11.6. The molecule has 5 heteroatoms. The molecule has 0 unspecified atom stereocenters. The zero-order valence-electron chi connectivity index (χ0n) is 21.5. The summed E-state index contributed by atoms with van der Waals surface area (Å²) in [5, 5.41) is 9.72. The second-order valence-electron chi connectivity index (χ2n) is 9.67. The number of nitrogens with two attached hydrogens (primary N) is 1. The fraction of sp³-hybridized carbons (Fsp3) is 0.0882. The van der Waals surface area contributed by atoms with Crippen LogP contribution in [0.25, 0.3) is 10.9 Å². The first-order chi connectivity index (χ1) is 19.2. The van der Waals surface area contributed by atoms with Crippen LogP contribution in [0.2, 0.25) is 0 Å². The molecule has 1 heterocycles. The first kappa shape index (κ1) is 25.1. The Hall–Kier alpha value is -4.19.